The van der Waals surface area contributed by atoms with E-state index in [1.54, 1.807) is 6.92 Å². The van der Waals surface area contributed by atoms with E-state index in [0.29, 0.717) is 5.56 Å². The van der Waals surface area contributed by atoms with Gasteiger partial charge in [-0.1, -0.05) is 24.3 Å². The predicted molar refractivity (Wildman–Crippen MR) is 107 cm³/mol. The monoisotopic (exact) mass is 424 g/mol. The molecule has 10 nitrogen and oxygen atoms in total. The minimum atomic E-state index is -1.87. The van der Waals surface area contributed by atoms with Gasteiger partial charge in [0.2, 0.25) is 5.91 Å². The van der Waals surface area contributed by atoms with Crippen molar-refractivity contribution in [2.75, 3.05) is 6.61 Å². The van der Waals surface area contributed by atoms with Crippen molar-refractivity contribution in [3.8, 4) is 6.07 Å². The number of fused-ring (bicyclic) bond motifs is 1. The molecule has 4 atom stereocenters. The largest absolute Gasteiger partial charge is 0.465 e. The summed E-state index contributed by atoms with van der Waals surface area (Å²) in [7, 11) is 0. The van der Waals surface area contributed by atoms with Crippen LogP contribution < -0.4 is 5.73 Å². The number of esters is 1. The quantitative estimate of drug-likeness (QED) is 0.407. The number of amides is 1. The molecular formula is C21H20N4O6. The highest BCUT2D eigenvalue weighted by molar-refractivity contribution is 5.97. The average molecular weight is 424 g/mol. The molecule has 31 heavy (non-hydrogen) atoms. The third-order valence-electron chi connectivity index (χ3n) is 5.62. The summed E-state index contributed by atoms with van der Waals surface area (Å²) in [6, 6.07) is 5.18. The average Bonchev–Trinajstić information content (AvgIpc) is 3.04. The highest BCUT2D eigenvalue weighted by Gasteiger charge is 2.66. The number of ether oxygens (including phenoxy) is 1. The highest BCUT2D eigenvalue weighted by Crippen LogP contribution is 2.53. The van der Waals surface area contributed by atoms with Crippen molar-refractivity contribution < 1.29 is 24.0 Å². The number of hydrogen-bond donors (Lipinski definition) is 1. The molecule has 1 fully saturated rings. The van der Waals surface area contributed by atoms with Gasteiger partial charge in [-0.15, -0.1) is 0 Å². The maximum atomic E-state index is 13.1. The fourth-order valence-corrected chi connectivity index (χ4v) is 4.27. The number of primary amides is 1. The van der Waals surface area contributed by atoms with Gasteiger partial charge in [0.1, 0.15) is 6.04 Å². The van der Waals surface area contributed by atoms with Gasteiger partial charge in [0, 0.05) is 29.8 Å². The fourth-order valence-electron chi connectivity index (χ4n) is 4.27. The van der Waals surface area contributed by atoms with Gasteiger partial charge in [0.05, 0.1) is 23.6 Å². The van der Waals surface area contributed by atoms with Crippen LogP contribution in [0.15, 0.2) is 48.2 Å². The number of hydrogen-bond acceptors (Lipinski definition) is 8. The van der Waals surface area contributed by atoms with Crippen molar-refractivity contribution in [3.05, 3.63) is 63.9 Å². The van der Waals surface area contributed by atoms with Crippen LogP contribution >= 0.6 is 0 Å². The lowest BCUT2D eigenvalue weighted by atomic mass is 9.68. The SMILES string of the molecule is CCOC(=O)[C@]1(C#N)[C@@H]2C=CC(C(C)=O)=CN2[C@@H](C(N)=O)[C@@H]1c1ccc([N+](=O)[O-])cc1. The number of nitrogens with zero attached hydrogens (tertiary/aromatic N) is 3. The molecule has 3 rings (SSSR count). The molecule has 0 unspecified atom stereocenters. The lowest BCUT2D eigenvalue weighted by molar-refractivity contribution is -0.384. The summed E-state index contributed by atoms with van der Waals surface area (Å²) in [6.07, 6.45) is 4.42. The van der Waals surface area contributed by atoms with E-state index in [4.69, 9.17) is 10.5 Å². The van der Waals surface area contributed by atoms with Gasteiger partial charge in [-0.3, -0.25) is 24.5 Å². The Balaban J connectivity index is 2.27. The van der Waals surface area contributed by atoms with Crippen LogP contribution in [0.25, 0.3) is 0 Å². The molecule has 0 aliphatic carbocycles. The summed E-state index contributed by atoms with van der Waals surface area (Å²) in [5.74, 6) is -3.02. The van der Waals surface area contributed by atoms with E-state index in [0.717, 1.165) is 0 Å². The molecule has 1 aromatic rings. The van der Waals surface area contributed by atoms with Gasteiger partial charge < -0.3 is 15.4 Å². The third kappa shape index (κ3) is 3.34. The molecule has 2 aliphatic rings. The maximum absolute atomic E-state index is 13.1. The minimum Gasteiger partial charge on any atom is -0.465 e. The van der Waals surface area contributed by atoms with Crippen LogP contribution in [-0.2, 0) is 19.1 Å². The topological polar surface area (TPSA) is 157 Å². The number of allylic oxidation sites excluding steroid dienone is 2. The first-order chi connectivity index (χ1) is 14.7. The molecule has 1 amide bonds. The number of nitriles is 1. The summed E-state index contributed by atoms with van der Waals surface area (Å²) < 4.78 is 5.22. The number of rotatable bonds is 6. The van der Waals surface area contributed by atoms with Crippen LogP contribution in [0.3, 0.4) is 0 Å². The summed E-state index contributed by atoms with van der Waals surface area (Å²) in [4.78, 5) is 49.5. The van der Waals surface area contributed by atoms with E-state index in [1.807, 2.05) is 0 Å². The number of Topliss-reactive ketones (excluding diaryl/α,β-unsaturated/α-hetero) is 1. The van der Waals surface area contributed by atoms with Gasteiger partial charge in [-0.2, -0.15) is 5.26 Å². The van der Waals surface area contributed by atoms with E-state index < -0.39 is 40.2 Å². The second-order valence-corrected chi connectivity index (χ2v) is 7.27. The van der Waals surface area contributed by atoms with Gasteiger partial charge in [-0.25, -0.2) is 0 Å². The van der Waals surface area contributed by atoms with E-state index in [1.165, 1.54) is 54.4 Å². The molecular weight excluding hydrogens is 404 g/mol. The molecule has 2 aliphatic heterocycles. The van der Waals surface area contributed by atoms with Crippen molar-refractivity contribution in [2.45, 2.75) is 31.8 Å². The van der Waals surface area contributed by atoms with Gasteiger partial charge in [0.15, 0.2) is 11.2 Å². The Morgan fingerprint density at radius 2 is 1.97 bits per heavy atom. The number of carbonyl (C=O) groups is 3. The second kappa shape index (κ2) is 8.02. The van der Waals surface area contributed by atoms with Gasteiger partial charge >= 0.3 is 5.97 Å². The Kier molecular flexibility index (Phi) is 5.62. The van der Waals surface area contributed by atoms with Crippen LogP contribution in [0, 0.1) is 26.9 Å². The Labute approximate surface area is 177 Å². The lowest BCUT2D eigenvalue weighted by Crippen LogP contribution is -2.45. The molecule has 0 spiro atoms. The normalized spacial score (nSPS) is 26.4. The van der Waals surface area contributed by atoms with Crippen LogP contribution in [0.4, 0.5) is 5.69 Å². The standard InChI is InChI=1S/C21H20N4O6/c1-3-31-20(28)21(11-22)16-9-6-14(12(2)26)10-24(16)18(19(23)27)17(21)13-4-7-15(8-5-13)25(29)30/h4-10,16-18H,3H2,1-2H3,(H2,23,27)/t16-,17-,18+,21+/m0/s1. The highest BCUT2D eigenvalue weighted by atomic mass is 16.6. The van der Waals surface area contributed by atoms with E-state index in [9.17, 15) is 29.8 Å². The molecule has 0 radical (unpaired) electrons. The predicted octanol–water partition coefficient (Wildman–Crippen LogP) is 1.33. The number of nitro benzene ring substituents is 1. The zero-order valence-corrected chi connectivity index (χ0v) is 16.8. The Morgan fingerprint density at radius 1 is 1.32 bits per heavy atom. The summed E-state index contributed by atoms with van der Waals surface area (Å²) in [5, 5.41) is 21.3. The molecule has 2 heterocycles. The zero-order chi connectivity index (χ0) is 22.9. The first kappa shape index (κ1) is 21.7. The van der Waals surface area contributed by atoms with Crippen LogP contribution in [0.1, 0.15) is 25.3 Å². The van der Waals surface area contributed by atoms with Gasteiger partial charge in [0.25, 0.3) is 5.69 Å². The molecule has 1 saturated heterocycles. The summed E-state index contributed by atoms with van der Waals surface area (Å²) >= 11 is 0. The summed E-state index contributed by atoms with van der Waals surface area (Å²) in [5.41, 5.74) is 4.25. The lowest BCUT2D eigenvalue weighted by Gasteiger charge is -2.32. The Bertz CT molecular complexity index is 1050. The van der Waals surface area contributed by atoms with E-state index >= 15 is 0 Å². The van der Waals surface area contributed by atoms with E-state index in [-0.39, 0.29) is 23.7 Å². The van der Waals surface area contributed by atoms with Crippen molar-refractivity contribution in [2.24, 2.45) is 11.1 Å². The van der Waals surface area contributed by atoms with Crippen LogP contribution in [-0.4, -0.2) is 46.2 Å². The van der Waals surface area contributed by atoms with Gasteiger partial charge in [-0.05, 0) is 19.4 Å². The van der Waals surface area contributed by atoms with Crippen molar-refractivity contribution in [1.82, 2.24) is 4.90 Å². The number of benzene rings is 1. The Morgan fingerprint density at radius 3 is 2.45 bits per heavy atom. The van der Waals surface area contributed by atoms with E-state index in [2.05, 4.69) is 6.07 Å². The molecule has 2 N–H and O–H groups in total. The molecule has 10 heteroatoms. The van der Waals surface area contributed by atoms with Crippen LogP contribution in [0.5, 0.6) is 0 Å². The maximum Gasteiger partial charge on any atom is 0.329 e. The van der Waals surface area contributed by atoms with Crippen molar-refractivity contribution in [1.29, 1.82) is 5.26 Å². The first-order valence-corrected chi connectivity index (χ1v) is 9.49. The smallest absolute Gasteiger partial charge is 0.329 e. The first-order valence-electron chi connectivity index (χ1n) is 9.49. The molecule has 1 aromatic carbocycles. The molecule has 0 saturated carbocycles. The number of nitrogens with two attached hydrogens (primary N) is 1. The molecule has 0 bridgehead atoms. The zero-order valence-electron chi connectivity index (χ0n) is 16.8. The minimum absolute atomic E-state index is 0.00144. The fraction of sp³-hybridized carbons (Fsp3) is 0.333. The number of ketones is 1. The van der Waals surface area contributed by atoms with Crippen molar-refractivity contribution >= 4 is 23.3 Å². The van der Waals surface area contributed by atoms with Crippen LogP contribution in [0.2, 0.25) is 0 Å². The Hall–Kier alpha value is -4.00. The molecule has 160 valence electrons. The number of nitro groups is 1. The third-order valence-corrected chi connectivity index (χ3v) is 5.62. The second-order valence-electron chi connectivity index (χ2n) is 7.27. The number of carbonyl (C=O) groups excluding carboxylic acids is 3. The van der Waals surface area contributed by atoms with Crippen molar-refractivity contribution in [3.63, 3.8) is 0 Å². The number of non-ortho nitro benzene ring substituents is 1. The summed E-state index contributed by atoms with van der Waals surface area (Å²) in [6.45, 7) is 2.94. The molecule has 0 aromatic heterocycles.